The molecule has 0 aromatic heterocycles. The predicted octanol–water partition coefficient (Wildman–Crippen LogP) is 6.07. The van der Waals surface area contributed by atoms with Gasteiger partial charge in [0.2, 0.25) is 17.7 Å². The lowest BCUT2D eigenvalue weighted by Gasteiger charge is -2.54. The zero-order chi connectivity index (χ0) is 29.2. The third-order valence-electron chi connectivity index (χ3n) is 9.16. The Morgan fingerprint density at radius 3 is 1.57 bits per heavy atom. The molecule has 210 valence electrons. The fourth-order valence-electron chi connectivity index (χ4n) is 7.27. The Bertz CT molecular complexity index is 1600. The van der Waals surface area contributed by atoms with Gasteiger partial charge in [0.25, 0.3) is 0 Å². The maximum Gasteiger partial charge on any atom is 0.244 e. The summed E-state index contributed by atoms with van der Waals surface area (Å²) in [7, 11) is 0. The summed E-state index contributed by atoms with van der Waals surface area (Å²) in [6, 6.07) is 32.6. The number of rotatable bonds is 6. The monoisotopic (exact) mass is 594 g/mol. The van der Waals surface area contributed by atoms with Crippen LogP contribution in [0.3, 0.4) is 0 Å². The molecule has 2 bridgehead atoms. The first kappa shape index (κ1) is 26.9. The van der Waals surface area contributed by atoms with Gasteiger partial charge in [0.05, 0.1) is 17.9 Å². The minimum Gasteiger partial charge on any atom is -0.348 e. The van der Waals surface area contributed by atoms with Crippen molar-refractivity contribution in [2.75, 3.05) is 0 Å². The Labute approximate surface area is 254 Å². The Kier molecular flexibility index (Phi) is 6.30. The molecule has 42 heavy (non-hydrogen) atoms. The minimum absolute atomic E-state index is 0.162. The summed E-state index contributed by atoms with van der Waals surface area (Å²) >= 11 is 15.2. The second-order valence-electron chi connectivity index (χ2n) is 11.4. The van der Waals surface area contributed by atoms with Crippen LogP contribution in [-0.4, -0.2) is 28.7 Å². The molecule has 1 N–H and O–H groups in total. The van der Waals surface area contributed by atoms with Gasteiger partial charge in [-0.2, -0.15) is 0 Å². The number of hydrogen-bond donors (Lipinski definition) is 1. The second kappa shape index (κ2) is 9.82. The molecule has 4 aromatic carbocycles. The molecule has 1 heterocycles. The number of hydrogen-bond acceptors (Lipinski definition) is 3. The van der Waals surface area contributed by atoms with Gasteiger partial charge in [0.15, 0.2) is 0 Å². The Hall–Kier alpha value is -3.93. The van der Waals surface area contributed by atoms with E-state index in [2.05, 4.69) is 5.32 Å². The van der Waals surface area contributed by atoms with Crippen LogP contribution in [0.4, 0.5) is 0 Å². The molecule has 1 aliphatic heterocycles. The van der Waals surface area contributed by atoms with Crippen LogP contribution in [0.1, 0.15) is 46.3 Å². The van der Waals surface area contributed by atoms with Crippen molar-refractivity contribution in [2.45, 2.75) is 35.2 Å². The lowest BCUT2D eigenvalue weighted by atomic mass is 9.54. The van der Waals surface area contributed by atoms with E-state index in [9.17, 15) is 14.4 Å². The summed E-state index contributed by atoms with van der Waals surface area (Å²) < 4.78 is 0. The SMILES string of the molecule is C[C@H](NC(=O)[C@@H](Cc1ccccc1)N1C(=O)[C@@H]2[C@H](C1=O)C1(Cl)c3ccccc3C2(Cl)c2ccccc21)c1ccccc1. The lowest BCUT2D eigenvalue weighted by molar-refractivity contribution is -0.148. The molecule has 4 atom stereocenters. The van der Waals surface area contributed by atoms with Crippen LogP contribution in [-0.2, 0) is 30.6 Å². The summed E-state index contributed by atoms with van der Waals surface area (Å²) in [5.74, 6) is -3.29. The zero-order valence-corrected chi connectivity index (χ0v) is 24.3. The molecule has 3 amide bonds. The highest BCUT2D eigenvalue weighted by atomic mass is 35.5. The van der Waals surface area contributed by atoms with E-state index in [4.69, 9.17) is 23.2 Å². The van der Waals surface area contributed by atoms with Crippen molar-refractivity contribution in [3.8, 4) is 0 Å². The zero-order valence-electron chi connectivity index (χ0n) is 22.8. The Balaban J connectivity index is 1.34. The number of carbonyl (C=O) groups excluding carboxylic acids is 3. The normalized spacial score (nSPS) is 26.7. The number of amides is 3. The van der Waals surface area contributed by atoms with E-state index in [0.717, 1.165) is 38.3 Å². The number of alkyl halides is 2. The van der Waals surface area contributed by atoms with Crippen LogP contribution in [0.2, 0.25) is 0 Å². The first-order valence-electron chi connectivity index (χ1n) is 14.1. The summed E-state index contributed by atoms with van der Waals surface area (Å²) in [6.07, 6.45) is 0.162. The van der Waals surface area contributed by atoms with Crippen molar-refractivity contribution < 1.29 is 14.4 Å². The van der Waals surface area contributed by atoms with Crippen molar-refractivity contribution in [2.24, 2.45) is 11.8 Å². The lowest BCUT2D eigenvalue weighted by Crippen LogP contribution is -2.57. The third kappa shape index (κ3) is 3.66. The molecule has 5 nitrogen and oxygen atoms in total. The summed E-state index contributed by atoms with van der Waals surface area (Å²) in [4.78, 5) is 41.8. The molecule has 1 saturated heterocycles. The highest BCUT2D eigenvalue weighted by Gasteiger charge is 2.73. The fraction of sp³-hybridized carbons (Fsp3) is 0.229. The molecular formula is C35H28Cl2N2O3. The van der Waals surface area contributed by atoms with E-state index in [1.807, 2.05) is 116 Å². The Morgan fingerprint density at radius 2 is 1.12 bits per heavy atom. The van der Waals surface area contributed by atoms with Gasteiger partial charge in [-0.1, -0.05) is 109 Å². The van der Waals surface area contributed by atoms with E-state index in [1.54, 1.807) is 0 Å². The molecule has 4 aromatic rings. The number of nitrogens with zero attached hydrogens (tertiary/aromatic N) is 1. The van der Waals surface area contributed by atoms with Gasteiger partial charge in [0.1, 0.15) is 15.8 Å². The average Bonchev–Trinajstić information content (AvgIpc) is 3.30. The number of likely N-dealkylation sites (tertiary alicyclic amines) is 1. The number of nitrogens with one attached hydrogen (secondary N) is 1. The molecular weight excluding hydrogens is 567 g/mol. The van der Waals surface area contributed by atoms with Crippen molar-refractivity contribution >= 4 is 40.9 Å². The van der Waals surface area contributed by atoms with Crippen LogP contribution in [0.5, 0.6) is 0 Å². The van der Waals surface area contributed by atoms with E-state index in [0.29, 0.717) is 0 Å². The summed E-state index contributed by atoms with van der Waals surface area (Å²) in [5, 5.41) is 3.06. The topological polar surface area (TPSA) is 66.5 Å². The van der Waals surface area contributed by atoms with Gasteiger partial charge < -0.3 is 5.32 Å². The average molecular weight is 596 g/mol. The van der Waals surface area contributed by atoms with E-state index in [1.165, 1.54) is 0 Å². The van der Waals surface area contributed by atoms with Crippen LogP contribution in [0.25, 0.3) is 0 Å². The molecule has 0 radical (unpaired) electrons. The van der Waals surface area contributed by atoms with E-state index < -0.39 is 45.3 Å². The first-order valence-corrected chi connectivity index (χ1v) is 14.9. The van der Waals surface area contributed by atoms with Crippen LogP contribution >= 0.6 is 23.2 Å². The van der Waals surface area contributed by atoms with Crippen LogP contribution < -0.4 is 5.32 Å². The molecule has 1 fully saturated rings. The molecule has 0 spiro atoms. The summed E-state index contributed by atoms with van der Waals surface area (Å²) in [6.45, 7) is 1.88. The summed E-state index contributed by atoms with van der Waals surface area (Å²) in [5.41, 5.74) is 4.66. The van der Waals surface area contributed by atoms with Crippen molar-refractivity contribution in [3.05, 3.63) is 143 Å². The van der Waals surface area contributed by atoms with Crippen LogP contribution in [0.15, 0.2) is 109 Å². The second-order valence-corrected chi connectivity index (χ2v) is 12.6. The molecule has 8 rings (SSSR count). The maximum atomic E-state index is 14.6. The van der Waals surface area contributed by atoms with E-state index >= 15 is 0 Å². The number of imide groups is 1. The van der Waals surface area contributed by atoms with Crippen molar-refractivity contribution in [1.29, 1.82) is 0 Å². The smallest absolute Gasteiger partial charge is 0.244 e. The maximum absolute atomic E-state index is 14.6. The van der Waals surface area contributed by atoms with Gasteiger partial charge >= 0.3 is 0 Å². The highest BCUT2D eigenvalue weighted by molar-refractivity contribution is 6.36. The standard InChI is InChI=1S/C35H28Cl2N2O3/c1-21(23-14-6-3-7-15-23)38-31(40)28(20-22-12-4-2-5-13-22)39-32(41)29-30(33(39)42)35(37)25-17-9-8-16-24(25)34(29,36)26-18-10-11-19-27(26)35/h2-19,21,28-30H,20H2,1H3,(H,38,40)/t21-,28+,29-,30+,34?,35?/m0/s1. The van der Waals surface area contributed by atoms with Gasteiger partial charge in [-0.05, 0) is 40.3 Å². The first-order chi connectivity index (χ1) is 20.3. The van der Waals surface area contributed by atoms with Gasteiger partial charge in [-0.3, -0.25) is 19.3 Å². The minimum atomic E-state index is -1.30. The highest BCUT2D eigenvalue weighted by Crippen LogP contribution is 2.69. The van der Waals surface area contributed by atoms with Gasteiger partial charge in [-0.25, -0.2) is 0 Å². The molecule has 0 unspecified atom stereocenters. The van der Waals surface area contributed by atoms with E-state index in [-0.39, 0.29) is 12.5 Å². The van der Waals surface area contributed by atoms with Crippen molar-refractivity contribution in [1.82, 2.24) is 10.2 Å². The molecule has 0 saturated carbocycles. The molecule has 4 aliphatic rings. The molecule has 3 aliphatic carbocycles. The number of benzene rings is 4. The largest absolute Gasteiger partial charge is 0.348 e. The quantitative estimate of drug-likeness (QED) is 0.218. The van der Waals surface area contributed by atoms with Gasteiger partial charge in [0, 0.05) is 6.42 Å². The van der Waals surface area contributed by atoms with Gasteiger partial charge in [-0.15, -0.1) is 23.2 Å². The van der Waals surface area contributed by atoms with Crippen molar-refractivity contribution in [3.63, 3.8) is 0 Å². The fourth-order valence-corrected chi connectivity index (χ4v) is 8.37. The third-order valence-corrected chi connectivity index (χ3v) is 10.4. The van der Waals surface area contributed by atoms with Crippen LogP contribution in [0, 0.1) is 11.8 Å². The predicted molar refractivity (Wildman–Crippen MR) is 162 cm³/mol. The molecule has 7 heteroatoms. The number of carbonyl (C=O) groups is 3. The number of halogens is 2. The Morgan fingerprint density at radius 1 is 0.714 bits per heavy atom.